The van der Waals surface area contributed by atoms with Crippen molar-refractivity contribution in [3.8, 4) is 11.1 Å². The molecule has 0 saturated heterocycles. The predicted molar refractivity (Wildman–Crippen MR) is 169 cm³/mol. The van der Waals surface area contributed by atoms with Crippen LogP contribution in [0.5, 0.6) is 0 Å². The Morgan fingerprint density at radius 2 is 1.12 bits per heavy atom. The van der Waals surface area contributed by atoms with E-state index in [2.05, 4.69) is 144 Å². The summed E-state index contributed by atoms with van der Waals surface area (Å²) in [6.07, 6.45) is 6.65. The average molecular weight is 514 g/mol. The molecule has 1 aliphatic rings. The van der Waals surface area contributed by atoms with E-state index >= 15 is 0 Å². The zero-order chi connectivity index (χ0) is 26.5. The van der Waals surface area contributed by atoms with E-state index in [1.54, 1.807) is 0 Å². The van der Waals surface area contributed by atoms with Gasteiger partial charge in [-0.3, -0.25) is 0 Å². The summed E-state index contributed by atoms with van der Waals surface area (Å²) in [6.45, 7) is 0. The van der Waals surface area contributed by atoms with E-state index in [1.807, 2.05) is 0 Å². The van der Waals surface area contributed by atoms with Crippen LogP contribution in [-0.2, 0) is 0 Å². The number of para-hydroxylation sites is 1. The molecule has 0 unspecified atom stereocenters. The monoisotopic (exact) mass is 513 g/mol. The molecule has 1 heterocycles. The van der Waals surface area contributed by atoms with Gasteiger partial charge in [-0.1, -0.05) is 91.0 Å². The van der Waals surface area contributed by atoms with Crippen LogP contribution in [0.15, 0.2) is 132 Å². The summed E-state index contributed by atoms with van der Waals surface area (Å²) in [5.74, 6) is 0. The van der Waals surface area contributed by atoms with E-state index in [4.69, 9.17) is 4.42 Å². The Bertz CT molecular complexity index is 2140. The van der Waals surface area contributed by atoms with Crippen LogP contribution in [0.4, 0.5) is 17.1 Å². The third-order valence-corrected chi connectivity index (χ3v) is 8.05. The molecule has 6 aromatic carbocycles. The molecule has 2 heteroatoms. The summed E-state index contributed by atoms with van der Waals surface area (Å²) in [5.41, 5.74) is 7.81. The van der Waals surface area contributed by atoms with Crippen LogP contribution in [0.2, 0.25) is 0 Å². The standard InChI is InChI=1S/C38H27NO/c1-3-9-26(10-4-1)27-17-20-31(21-18-27)39(30-11-5-2-6-12-30)32-22-24-33-29(25-32)16-15-28-19-23-35-34-13-7-8-14-36(34)40-38(35)37(28)33/h1-6,9-25H,7-8H2. The van der Waals surface area contributed by atoms with Gasteiger partial charge in [-0.05, 0) is 88.7 Å². The zero-order valence-electron chi connectivity index (χ0n) is 22.0. The topological polar surface area (TPSA) is 16.4 Å². The molecule has 8 rings (SSSR count). The average Bonchev–Trinajstić information content (AvgIpc) is 3.41. The molecular weight excluding hydrogens is 486 g/mol. The van der Waals surface area contributed by atoms with E-state index in [9.17, 15) is 0 Å². The molecular formula is C38H27NO. The van der Waals surface area contributed by atoms with Crippen LogP contribution in [0, 0.1) is 0 Å². The quantitative estimate of drug-likeness (QED) is 0.218. The predicted octanol–water partition coefficient (Wildman–Crippen LogP) is 9.23. The molecule has 0 radical (unpaired) electrons. The van der Waals surface area contributed by atoms with Crippen molar-refractivity contribution >= 4 is 61.7 Å². The highest BCUT2D eigenvalue weighted by Gasteiger charge is 2.16. The summed E-state index contributed by atoms with van der Waals surface area (Å²) in [6, 6.07) is 45.6. The normalized spacial score (nSPS) is 12.7. The highest BCUT2D eigenvalue weighted by atomic mass is 16.3. The van der Waals surface area contributed by atoms with Crippen LogP contribution in [0.3, 0.4) is 0 Å². The number of rotatable bonds is 4. The van der Waals surface area contributed by atoms with Crippen LogP contribution >= 0.6 is 0 Å². The summed E-state index contributed by atoms with van der Waals surface area (Å²) < 4.78 is 6.48. The number of nitrogens with zero attached hydrogens (tertiary/aromatic N) is 1. The summed E-state index contributed by atoms with van der Waals surface area (Å²) >= 11 is 0. The van der Waals surface area contributed by atoms with Gasteiger partial charge in [0.25, 0.3) is 0 Å². The van der Waals surface area contributed by atoms with Crippen molar-refractivity contribution in [3.63, 3.8) is 0 Å². The van der Waals surface area contributed by atoms with Crippen LogP contribution < -0.4 is 15.5 Å². The highest BCUT2D eigenvalue weighted by Crippen LogP contribution is 2.39. The molecule has 7 aromatic rings. The van der Waals surface area contributed by atoms with Gasteiger partial charge in [-0.25, -0.2) is 0 Å². The lowest BCUT2D eigenvalue weighted by atomic mass is 9.98. The van der Waals surface area contributed by atoms with Crippen LogP contribution in [0.25, 0.3) is 55.8 Å². The fraction of sp³-hybridized carbons (Fsp3) is 0.0526. The minimum atomic E-state index is 0.992. The Morgan fingerprint density at radius 1 is 0.500 bits per heavy atom. The molecule has 2 nitrogen and oxygen atoms in total. The molecule has 0 fully saturated rings. The molecule has 190 valence electrons. The lowest BCUT2D eigenvalue weighted by Crippen LogP contribution is -2.21. The Hall–Kier alpha value is -5.08. The third kappa shape index (κ3) is 3.72. The highest BCUT2D eigenvalue weighted by molar-refractivity contribution is 6.19. The fourth-order valence-electron chi connectivity index (χ4n) is 6.13. The minimum Gasteiger partial charge on any atom is -0.456 e. The third-order valence-electron chi connectivity index (χ3n) is 8.05. The minimum absolute atomic E-state index is 0.992. The molecule has 40 heavy (non-hydrogen) atoms. The molecule has 1 aliphatic carbocycles. The van der Waals surface area contributed by atoms with Crippen molar-refractivity contribution in [2.45, 2.75) is 12.8 Å². The zero-order valence-corrected chi connectivity index (χ0v) is 22.0. The Balaban J connectivity index is 1.30. The summed E-state index contributed by atoms with van der Waals surface area (Å²) in [4.78, 5) is 2.33. The van der Waals surface area contributed by atoms with E-state index in [1.165, 1.54) is 43.3 Å². The van der Waals surface area contributed by atoms with Gasteiger partial charge in [0.2, 0.25) is 0 Å². The molecule has 0 N–H and O–H groups in total. The van der Waals surface area contributed by atoms with Crippen molar-refractivity contribution in [2.75, 3.05) is 4.90 Å². The number of hydrogen-bond acceptors (Lipinski definition) is 2. The number of benzene rings is 6. The summed E-state index contributed by atoms with van der Waals surface area (Å²) in [7, 11) is 0. The lowest BCUT2D eigenvalue weighted by Gasteiger charge is -2.26. The van der Waals surface area contributed by atoms with Gasteiger partial charge < -0.3 is 9.32 Å². The number of hydrogen-bond donors (Lipinski definition) is 0. The van der Waals surface area contributed by atoms with Crippen molar-refractivity contribution in [3.05, 3.63) is 138 Å². The molecule has 0 saturated carbocycles. The second kappa shape index (κ2) is 9.29. The Labute approximate surface area is 232 Å². The van der Waals surface area contributed by atoms with Gasteiger partial charge in [-0.15, -0.1) is 0 Å². The van der Waals surface area contributed by atoms with Gasteiger partial charge in [0.05, 0.1) is 0 Å². The number of fused-ring (bicyclic) bond motifs is 7. The molecule has 0 bridgehead atoms. The maximum absolute atomic E-state index is 6.48. The molecule has 0 atom stereocenters. The number of anilines is 3. The van der Waals surface area contributed by atoms with Crippen molar-refractivity contribution in [1.82, 2.24) is 0 Å². The first-order chi connectivity index (χ1) is 19.8. The second-order valence-corrected chi connectivity index (χ2v) is 10.5. The maximum Gasteiger partial charge on any atom is 0.143 e. The van der Waals surface area contributed by atoms with Crippen molar-refractivity contribution in [2.24, 2.45) is 0 Å². The lowest BCUT2D eigenvalue weighted by molar-refractivity contribution is 0.575. The van der Waals surface area contributed by atoms with Crippen molar-refractivity contribution in [1.29, 1.82) is 0 Å². The first kappa shape index (κ1) is 22.9. The molecule has 0 spiro atoms. The fourth-order valence-corrected chi connectivity index (χ4v) is 6.13. The largest absolute Gasteiger partial charge is 0.456 e. The number of furan rings is 1. The van der Waals surface area contributed by atoms with Crippen molar-refractivity contribution < 1.29 is 4.42 Å². The molecule has 0 amide bonds. The maximum atomic E-state index is 6.48. The SMILES string of the molecule is C1=c2oc3c(ccc4ccc5cc(N(c6ccccc6)c6ccc(-c7ccccc7)cc6)ccc5c43)c2=CCC1. The van der Waals surface area contributed by atoms with Gasteiger partial charge in [-0.2, -0.15) is 0 Å². The Kier molecular flexibility index (Phi) is 5.31. The van der Waals surface area contributed by atoms with Gasteiger partial charge in [0.15, 0.2) is 0 Å². The summed E-state index contributed by atoms with van der Waals surface area (Å²) in [5, 5.41) is 7.25. The van der Waals surface area contributed by atoms with Crippen LogP contribution in [0.1, 0.15) is 12.8 Å². The van der Waals surface area contributed by atoms with E-state index < -0.39 is 0 Å². The second-order valence-electron chi connectivity index (χ2n) is 10.5. The Morgan fingerprint density at radius 3 is 1.95 bits per heavy atom. The van der Waals surface area contributed by atoms with Gasteiger partial charge >= 0.3 is 0 Å². The van der Waals surface area contributed by atoms with E-state index in [0.717, 1.165) is 40.9 Å². The van der Waals surface area contributed by atoms with E-state index in [0.29, 0.717) is 0 Å². The van der Waals surface area contributed by atoms with Crippen LogP contribution in [-0.4, -0.2) is 0 Å². The smallest absolute Gasteiger partial charge is 0.143 e. The van der Waals surface area contributed by atoms with Gasteiger partial charge in [0.1, 0.15) is 11.0 Å². The molecule has 1 aromatic heterocycles. The van der Waals surface area contributed by atoms with E-state index in [-0.39, 0.29) is 0 Å². The first-order valence-electron chi connectivity index (χ1n) is 13.9. The van der Waals surface area contributed by atoms with Gasteiger partial charge in [0, 0.05) is 33.1 Å². The first-order valence-corrected chi connectivity index (χ1v) is 13.9. The molecule has 0 aliphatic heterocycles.